The molecule has 2 rings (SSSR count). The third-order valence-corrected chi connectivity index (χ3v) is 3.47. The molecule has 2 aromatic rings. The van der Waals surface area contributed by atoms with Crippen molar-refractivity contribution < 1.29 is 19.1 Å². The van der Waals surface area contributed by atoms with Crippen molar-refractivity contribution in [1.29, 1.82) is 0 Å². The number of amides is 1. The van der Waals surface area contributed by atoms with Gasteiger partial charge in [0.25, 0.3) is 5.91 Å². The summed E-state index contributed by atoms with van der Waals surface area (Å²) < 4.78 is 4.73. The maximum Gasteiger partial charge on any atom is 0.313 e. The molecule has 1 N–H and O–H groups in total. The molecule has 0 saturated heterocycles. The molecule has 0 heterocycles. The van der Waals surface area contributed by atoms with Gasteiger partial charge >= 0.3 is 5.97 Å². The molecule has 0 saturated carbocycles. The maximum absolute atomic E-state index is 12.2. The van der Waals surface area contributed by atoms with Crippen LogP contribution in [0.4, 0.5) is 0 Å². The first-order chi connectivity index (χ1) is 11.0. The molecule has 5 nitrogen and oxygen atoms in total. The minimum atomic E-state index is -0.752. The first kappa shape index (κ1) is 16.7. The molecule has 0 bridgehead atoms. The molecule has 0 aromatic heterocycles. The van der Waals surface area contributed by atoms with Crippen molar-refractivity contribution in [1.82, 2.24) is 5.32 Å². The Morgan fingerprint density at radius 3 is 2.48 bits per heavy atom. The predicted octanol–water partition coefficient (Wildman–Crippen LogP) is 2.48. The van der Waals surface area contributed by atoms with Crippen LogP contribution in [0, 0.1) is 0 Å². The van der Waals surface area contributed by atoms with Crippen LogP contribution in [0.2, 0.25) is 0 Å². The Labute approximate surface area is 134 Å². The monoisotopic (exact) mass is 313 g/mol. The molecule has 0 spiro atoms. The van der Waals surface area contributed by atoms with E-state index in [2.05, 4.69) is 5.32 Å². The summed E-state index contributed by atoms with van der Waals surface area (Å²) in [6.07, 6.45) is -0.340. The second-order valence-electron chi connectivity index (χ2n) is 5.21. The fraction of sp³-hybridized carbons (Fsp3) is 0.278. The summed E-state index contributed by atoms with van der Waals surface area (Å²) in [4.78, 5) is 35.4. The molecule has 1 atom stereocenters. The lowest BCUT2D eigenvalue weighted by molar-refractivity contribution is -0.145. The van der Waals surface area contributed by atoms with E-state index in [1.807, 2.05) is 30.3 Å². The topological polar surface area (TPSA) is 72.5 Å². The molecule has 0 radical (unpaired) electrons. The van der Waals surface area contributed by atoms with Crippen LogP contribution in [-0.2, 0) is 14.3 Å². The summed E-state index contributed by atoms with van der Waals surface area (Å²) in [5, 5.41) is 4.60. The largest absolute Gasteiger partial charge is 0.466 e. The van der Waals surface area contributed by atoms with Crippen LogP contribution in [0.15, 0.2) is 42.5 Å². The third-order valence-electron chi connectivity index (χ3n) is 3.47. The fourth-order valence-electron chi connectivity index (χ4n) is 2.20. The number of fused-ring (bicyclic) bond motifs is 1. The number of rotatable bonds is 6. The lowest BCUT2D eigenvalue weighted by Gasteiger charge is -2.13. The number of Topliss-reactive ketones (excluding diaryl/α,β-unsaturated/α-hetero) is 1. The van der Waals surface area contributed by atoms with E-state index in [4.69, 9.17) is 4.74 Å². The number of hydrogen-bond acceptors (Lipinski definition) is 4. The molecular weight excluding hydrogens is 294 g/mol. The first-order valence-corrected chi connectivity index (χ1v) is 7.49. The van der Waals surface area contributed by atoms with E-state index in [9.17, 15) is 14.4 Å². The molecule has 0 aliphatic heterocycles. The number of ketones is 1. The van der Waals surface area contributed by atoms with Crippen LogP contribution in [0.5, 0.6) is 0 Å². The standard InChI is InChI=1S/C18H19NO4/c1-3-23-17(21)11-16(20)12(2)19-18(22)15-9-8-13-6-4-5-7-14(13)10-15/h4-10,12H,3,11H2,1-2H3,(H,19,22). The lowest BCUT2D eigenvalue weighted by Crippen LogP contribution is -2.39. The predicted molar refractivity (Wildman–Crippen MR) is 87.1 cm³/mol. The van der Waals surface area contributed by atoms with Crippen LogP contribution in [0.25, 0.3) is 10.8 Å². The average Bonchev–Trinajstić information content (AvgIpc) is 2.54. The van der Waals surface area contributed by atoms with E-state index in [1.54, 1.807) is 26.0 Å². The van der Waals surface area contributed by atoms with Gasteiger partial charge in [-0.15, -0.1) is 0 Å². The van der Waals surface area contributed by atoms with Gasteiger partial charge in [0.15, 0.2) is 5.78 Å². The van der Waals surface area contributed by atoms with Gasteiger partial charge in [-0.25, -0.2) is 0 Å². The van der Waals surface area contributed by atoms with Crippen molar-refractivity contribution in [3.8, 4) is 0 Å². The van der Waals surface area contributed by atoms with Gasteiger partial charge in [-0.3, -0.25) is 14.4 Å². The fourth-order valence-corrected chi connectivity index (χ4v) is 2.20. The van der Waals surface area contributed by atoms with E-state index >= 15 is 0 Å². The van der Waals surface area contributed by atoms with Gasteiger partial charge in [-0.05, 0) is 36.8 Å². The van der Waals surface area contributed by atoms with E-state index in [0.717, 1.165) is 10.8 Å². The summed E-state index contributed by atoms with van der Waals surface area (Å²) in [5.41, 5.74) is 0.472. The number of carbonyl (C=O) groups is 3. The summed E-state index contributed by atoms with van der Waals surface area (Å²) in [5.74, 6) is -1.30. The van der Waals surface area contributed by atoms with Crippen molar-refractivity contribution >= 4 is 28.4 Å². The van der Waals surface area contributed by atoms with Gasteiger partial charge < -0.3 is 10.1 Å². The SMILES string of the molecule is CCOC(=O)CC(=O)C(C)NC(=O)c1ccc2ccccc2c1. The second kappa shape index (κ2) is 7.54. The molecular formula is C18H19NO4. The molecule has 5 heteroatoms. The van der Waals surface area contributed by atoms with Gasteiger partial charge in [0.1, 0.15) is 6.42 Å². The number of benzene rings is 2. The maximum atomic E-state index is 12.2. The highest BCUT2D eigenvalue weighted by atomic mass is 16.5. The molecule has 1 unspecified atom stereocenters. The quantitative estimate of drug-likeness (QED) is 0.657. The third kappa shape index (κ3) is 4.39. The minimum Gasteiger partial charge on any atom is -0.466 e. The summed E-state index contributed by atoms with van der Waals surface area (Å²) in [6, 6.07) is 12.3. The van der Waals surface area contributed by atoms with Crippen LogP contribution >= 0.6 is 0 Å². The lowest BCUT2D eigenvalue weighted by atomic mass is 10.1. The highest BCUT2D eigenvalue weighted by Crippen LogP contribution is 2.15. The van der Waals surface area contributed by atoms with Gasteiger partial charge in [0.05, 0.1) is 12.6 Å². The van der Waals surface area contributed by atoms with E-state index in [1.165, 1.54) is 0 Å². The zero-order valence-electron chi connectivity index (χ0n) is 13.2. The average molecular weight is 313 g/mol. The molecule has 0 aliphatic rings. The molecule has 120 valence electrons. The van der Waals surface area contributed by atoms with Crippen molar-refractivity contribution in [3.63, 3.8) is 0 Å². The number of esters is 1. The Morgan fingerprint density at radius 1 is 1.09 bits per heavy atom. The van der Waals surface area contributed by atoms with E-state index < -0.39 is 12.0 Å². The molecule has 2 aromatic carbocycles. The number of hydrogen-bond donors (Lipinski definition) is 1. The Hall–Kier alpha value is -2.69. The van der Waals surface area contributed by atoms with Gasteiger partial charge in [-0.1, -0.05) is 30.3 Å². The van der Waals surface area contributed by atoms with Gasteiger partial charge in [0.2, 0.25) is 0 Å². The second-order valence-corrected chi connectivity index (χ2v) is 5.21. The van der Waals surface area contributed by atoms with E-state index in [-0.39, 0.29) is 24.7 Å². The van der Waals surface area contributed by atoms with Crippen molar-refractivity contribution in [2.45, 2.75) is 26.3 Å². The van der Waals surface area contributed by atoms with Crippen LogP contribution in [0.3, 0.4) is 0 Å². The Morgan fingerprint density at radius 2 is 1.78 bits per heavy atom. The normalized spacial score (nSPS) is 11.7. The highest BCUT2D eigenvalue weighted by Gasteiger charge is 2.20. The van der Waals surface area contributed by atoms with Crippen LogP contribution in [-0.4, -0.2) is 30.3 Å². The Kier molecular flexibility index (Phi) is 5.46. The number of nitrogens with one attached hydrogen (secondary N) is 1. The highest BCUT2D eigenvalue weighted by molar-refractivity contribution is 6.03. The van der Waals surface area contributed by atoms with Gasteiger partial charge in [-0.2, -0.15) is 0 Å². The zero-order chi connectivity index (χ0) is 16.8. The molecule has 1 amide bonds. The number of ether oxygens (including phenoxy) is 1. The molecule has 23 heavy (non-hydrogen) atoms. The number of carbonyl (C=O) groups excluding carboxylic acids is 3. The molecule has 0 aliphatic carbocycles. The van der Waals surface area contributed by atoms with Crippen molar-refractivity contribution in [3.05, 3.63) is 48.0 Å². The van der Waals surface area contributed by atoms with Crippen molar-refractivity contribution in [2.75, 3.05) is 6.61 Å². The zero-order valence-corrected chi connectivity index (χ0v) is 13.2. The Balaban J connectivity index is 2.02. The minimum absolute atomic E-state index is 0.226. The summed E-state index contributed by atoms with van der Waals surface area (Å²) >= 11 is 0. The smallest absolute Gasteiger partial charge is 0.313 e. The van der Waals surface area contributed by atoms with Crippen LogP contribution in [0.1, 0.15) is 30.6 Å². The molecule has 0 fully saturated rings. The summed E-state index contributed by atoms with van der Waals surface area (Å²) in [7, 11) is 0. The summed E-state index contributed by atoms with van der Waals surface area (Å²) in [6.45, 7) is 3.46. The van der Waals surface area contributed by atoms with Gasteiger partial charge in [0, 0.05) is 5.56 Å². The van der Waals surface area contributed by atoms with Crippen LogP contribution < -0.4 is 5.32 Å². The van der Waals surface area contributed by atoms with Crippen molar-refractivity contribution in [2.24, 2.45) is 0 Å². The Bertz CT molecular complexity index is 739. The van der Waals surface area contributed by atoms with E-state index in [0.29, 0.717) is 5.56 Å². The first-order valence-electron chi connectivity index (χ1n) is 7.49.